The second-order valence-corrected chi connectivity index (χ2v) is 8.03. The van der Waals surface area contributed by atoms with E-state index in [-0.39, 0.29) is 11.7 Å². The van der Waals surface area contributed by atoms with Gasteiger partial charge in [-0.15, -0.1) is 0 Å². The van der Waals surface area contributed by atoms with E-state index < -0.39 is 0 Å². The number of benzene rings is 2. The Bertz CT molecular complexity index is 1030. The number of rotatable bonds is 8. The molecule has 3 rings (SSSR count). The van der Waals surface area contributed by atoms with E-state index in [1.165, 1.54) is 0 Å². The predicted octanol–water partition coefficient (Wildman–Crippen LogP) is 5.20. The SMILES string of the molecule is COc1ccc(/C=C2/CC(C)C/C(=C\c3ccc(OC)c(OC)c3OC)C2=O)c(OC)c1OC. The maximum absolute atomic E-state index is 13.5. The Kier molecular flexibility index (Phi) is 8.10. The number of ketones is 1. The molecule has 7 nitrogen and oxygen atoms in total. The van der Waals surface area contributed by atoms with E-state index in [9.17, 15) is 4.79 Å². The van der Waals surface area contributed by atoms with Crippen LogP contribution in [0.4, 0.5) is 0 Å². The Balaban J connectivity index is 2.07. The highest BCUT2D eigenvalue weighted by atomic mass is 16.5. The quantitative estimate of drug-likeness (QED) is 0.493. The van der Waals surface area contributed by atoms with Crippen LogP contribution < -0.4 is 28.4 Å². The van der Waals surface area contributed by atoms with E-state index in [4.69, 9.17) is 28.4 Å². The van der Waals surface area contributed by atoms with Crippen LogP contribution in [-0.2, 0) is 4.79 Å². The maximum atomic E-state index is 13.5. The van der Waals surface area contributed by atoms with Crippen molar-refractivity contribution in [1.82, 2.24) is 0 Å². The number of ether oxygens (including phenoxy) is 6. The number of carbonyl (C=O) groups is 1. The number of allylic oxidation sites excluding steroid dienone is 2. The van der Waals surface area contributed by atoms with Gasteiger partial charge in [-0.25, -0.2) is 0 Å². The fraction of sp³-hybridized carbons (Fsp3) is 0.370. The van der Waals surface area contributed by atoms with E-state index in [1.807, 2.05) is 24.3 Å². The lowest BCUT2D eigenvalue weighted by Crippen LogP contribution is -2.18. The summed E-state index contributed by atoms with van der Waals surface area (Å²) in [5.74, 6) is 3.42. The number of Topliss-reactive ketones (excluding diaryl/α,β-unsaturated/α-hetero) is 1. The highest BCUT2D eigenvalue weighted by Gasteiger charge is 2.27. The molecule has 1 saturated carbocycles. The largest absolute Gasteiger partial charge is 0.493 e. The standard InChI is InChI=1S/C27H32O7/c1-16-12-19(14-17-8-10-21(29-2)26(33-6)24(17)31-4)23(28)20(13-16)15-18-9-11-22(30-3)27(34-7)25(18)32-5/h8-11,14-16H,12-13H2,1-7H3/b19-14-,20-15+. The van der Waals surface area contributed by atoms with Gasteiger partial charge in [0.15, 0.2) is 28.8 Å². The summed E-state index contributed by atoms with van der Waals surface area (Å²) in [6.45, 7) is 2.13. The molecule has 0 amide bonds. The molecule has 0 heterocycles. The van der Waals surface area contributed by atoms with E-state index >= 15 is 0 Å². The van der Waals surface area contributed by atoms with Crippen LogP contribution in [0.25, 0.3) is 12.2 Å². The van der Waals surface area contributed by atoms with E-state index in [0.717, 1.165) is 11.1 Å². The Morgan fingerprint density at radius 3 is 1.32 bits per heavy atom. The lowest BCUT2D eigenvalue weighted by molar-refractivity contribution is -0.113. The van der Waals surface area contributed by atoms with Crippen LogP contribution in [0.15, 0.2) is 35.4 Å². The van der Waals surface area contributed by atoms with Crippen LogP contribution in [0.1, 0.15) is 30.9 Å². The molecule has 1 aliphatic rings. The molecule has 182 valence electrons. The number of carbonyl (C=O) groups excluding carboxylic acids is 1. The molecule has 1 unspecified atom stereocenters. The highest BCUT2D eigenvalue weighted by Crippen LogP contribution is 2.43. The lowest BCUT2D eigenvalue weighted by atomic mass is 9.80. The number of hydrogen-bond acceptors (Lipinski definition) is 7. The van der Waals surface area contributed by atoms with Gasteiger partial charge in [-0.05, 0) is 55.2 Å². The zero-order valence-corrected chi connectivity index (χ0v) is 20.8. The van der Waals surface area contributed by atoms with Crippen LogP contribution >= 0.6 is 0 Å². The van der Waals surface area contributed by atoms with Crippen molar-refractivity contribution in [3.05, 3.63) is 46.5 Å². The van der Waals surface area contributed by atoms with Crippen LogP contribution in [-0.4, -0.2) is 48.4 Å². The average molecular weight is 469 g/mol. The van der Waals surface area contributed by atoms with Gasteiger partial charge in [0, 0.05) is 22.3 Å². The summed E-state index contributed by atoms with van der Waals surface area (Å²) in [5, 5.41) is 0. The van der Waals surface area contributed by atoms with Crippen LogP contribution in [0, 0.1) is 5.92 Å². The maximum Gasteiger partial charge on any atom is 0.203 e. The summed E-state index contributed by atoms with van der Waals surface area (Å²) in [6.07, 6.45) is 5.07. The molecule has 2 aromatic carbocycles. The Labute approximate surface area is 200 Å². The molecule has 0 aromatic heterocycles. The van der Waals surface area contributed by atoms with Crippen LogP contribution in [0.3, 0.4) is 0 Å². The van der Waals surface area contributed by atoms with E-state index in [1.54, 1.807) is 54.8 Å². The van der Waals surface area contributed by atoms with Crippen molar-refractivity contribution in [2.45, 2.75) is 19.8 Å². The van der Waals surface area contributed by atoms with Crippen molar-refractivity contribution in [3.8, 4) is 34.5 Å². The minimum Gasteiger partial charge on any atom is -0.493 e. The van der Waals surface area contributed by atoms with Crippen molar-refractivity contribution in [3.63, 3.8) is 0 Å². The normalized spacial score (nSPS) is 18.1. The zero-order chi connectivity index (χ0) is 24.8. The van der Waals surface area contributed by atoms with Gasteiger partial charge in [0.25, 0.3) is 0 Å². The molecular formula is C27H32O7. The van der Waals surface area contributed by atoms with Crippen LogP contribution in [0.2, 0.25) is 0 Å². The minimum atomic E-state index is -0.00761. The minimum absolute atomic E-state index is 0.00761. The third-order valence-corrected chi connectivity index (χ3v) is 5.85. The van der Waals surface area contributed by atoms with Gasteiger partial charge >= 0.3 is 0 Å². The Morgan fingerprint density at radius 2 is 1.00 bits per heavy atom. The molecule has 1 aliphatic carbocycles. The fourth-order valence-corrected chi connectivity index (χ4v) is 4.32. The lowest BCUT2D eigenvalue weighted by Gasteiger charge is -2.23. The van der Waals surface area contributed by atoms with Crippen molar-refractivity contribution in [2.24, 2.45) is 5.92 Å². The summed E-state index contributed by atoms with van der Waals surface area (Å²) in [5.41, 5.74) is 2.91. The van der Waals surface area contributed by atoms with Crippen molar-refractivity contribution in [2.75, 3.05) is 42.7 Å². The number of hydrogen-bond donors (Lipinski definition) is 0. The van der Waals surface area contributed by atoms with Gasteiger partial charge in [0.2, 0.25) is 11.5 Å². The van der Waals surface area contributed by atoms with Crippen molar-refractivity contribution in [1.29, 1.82) is 0 Å². The van der Waals surface area contributed by atoms with Gasteiger partial charge in [-0.2, -0.15) is 0 Å². The predicted molar refractivity (Wildman–Crippen MR) is 132 cm³/mol. The Hall–Kier alpha value is -3.61. The Morgan fingerprint density at radius 1 is 0.618 bits per heavy atom. The summed E-state index contributed by atoms with van der Waals surface area (Å²) < 4.78 is 32.9. The molecule has 7 heteroatoms. The van der Waals surface area contributed by atoms with Gasteiger partial charge in [-0.1, -0.05) is 6.92 Å². The zero-order valence-electron chi connectivity index (χ0n) is 20.8. The van der Waals surface area contributed by atoms with Crippen molar-refractivity contribution < 1.29 is 33.2 Å². The van der Waals surface area contributed by atoms with Gasteiger partial charge < -0.3 is 28.4 Å². The smallest absolute Gasteiger partial charge is 0.203 e. The van der Waals surface area contributed by atoms with E-state index in [0.29, 0.717) is 58.5 Å². The first-order valence-electron chi connectivity index (χ1n) is 11.0. The third-order valence-electron chi connectivity index (χ3n) is 5.85. The average Bonchev–Trinajstić information content (AvgIpc) is 2.85. The summed E-state index contributed by atoms with van der Waals surface area (Å²) in [4.78, 5) is 13.5. The van der Waals surface area contributed by atoms with Gasteiger partial charge in [-0.3, -0.25) is 4.79 Å². The van der Waals surface area contributed by atoms with Gasteiger partial charge in [0.1, 0.15) is 0 Å². The molecular weight excluding hydrogens is 436 g/mol. The van der Waals surface area contributed by atoms with Crippen molar-refractivity contribution >= 4 is 17.9 Å². The molecule has 0 spiro atoms. The third kappa shape index (κ3) is 4.83. The monoisotopic (exact) mass is 468 g/mol. The topological polar surface area (TPSA) is 72.5 Å². The number of methoxy groups -OCH3 is 6. The fourth-order valence-electron chi connectivity index (χ4n) is 4.32. The molecule has 1 fully saturated rings. The first kappa shape index (κ1) is 25.0. The molecule has 0 bridgehead atoms. The highest BCUT2D eigenvalue weighted by molar-refractivity contribution is 6.14. The first-order chi connectivity index (χ1) is 16.4. The molecule has 0 N–H and O–H groups in total. The molecule has 2 aromatic rings. The second-order valence-electron chi connectivity index (χ2n) is 8.03. The second kappa shape index (κ2) is 11.0. The molecule has 0 saturated heterocycles. The molecule has 34 heavy (non-hydrogen) atoms. The summed E-state index contributed by atoms with van der Waals surface area (Å²) in [6, 6.07) is 7.33. The van der Waals surface area contributed by atoms with Crippen LogP contribution in [0.5, 0.6) is 34.5 Å². The van der Waals surface area contributed by atoms with Gasteiger partial charge in [0.05, 0.1) is 42.7 Å². The molecule has 0 radical (unpaired) electrons. The summed E-state index contributed by atoms with van der Waals surface area (Å²) in [7, 11) is 9.39. The summed E-state index contributed by atoms with van der Waals surface area (Å²) >= 11 is 0. The molecule has 1 atom stereocenters. The molecule has 0 aliphatic heterocycles. The first-order valence-corrected chi connectivity index (χ1v) is 11.0. The van der Waals surface area contributed by atoms with E-state index in [2.05, 4.69) is 6.92 Å².